The lowest BCUT2D eigenvalue weighted by molar-refractivity contribution is 0.642. The van der Waals surface area contributed by atoms with Gasteiger partial charge in [-0.25, -0.2) is 9.50 Å². The summed E-state index contributed by atoms with van der Waals surface area (Å²) < 4.78 is 1.83. The second kappa shape index (κ2) is 2.53. The SMILES string of the molecule is c1nc2c3c(ccn2n1)CCNC3. The standard InChI is InChI=1S/C9H10N4/c1-3-10-5-8-7(1)2-4-13-9(8)11-6-12-13/h2,4,6,10H,1,3,5H2. The molecule has 0 fully saturated rings. The second-order valence-electron chi connectivity index (χ2n) is 3.27. The maximum atomic E-state index is 4.24. The molecule has 0 aromatic carbocycles. The summed E-state index contributed by atoms with van der Waals surface area (Å²) in [7, 11) is 0. The zero-order chi connectivity index (χ0) is 8.67. The molecule has 2 aromatic heterocycles. The molecule has 2 aromatic rings. The van der Waals surface area contributed by atoms with Gasteiger partial charge in [0.05, 0.1) is 0 Å². The van der Waals surface area contributed by atoms with E-state index in [0.29, 0.717) is 0 Å². The molecule has 0 unspecified atom stereocenters. The van der Waals surface area contributed by atoms with Crippen molar-refractivity contribution < 1.29 is 0 Å². The van der Waals surface area contributed by atoms with Gasteiger partial charge >= 0.3 is 0 Å². The van der Waals surface area contributed by atoms with Gasteiger partial charge in [-0.1, -0.05) is 0 Å². The molecule has 4 heteroatoms. The molecule has 0 atom stereocenters. The van der Waals surface area contributed by atoms with Gasteiger partial charge < -0.3 is 5.32 Å². The van der Waals surface area contributed by atoms with Crippen LogP contribution in [0.4, 0.5) is 0 Å². The van der Waals surface area contributed by atoms with Crippen LogP contribution in [0.2, 0.25) is 0 Å². The zero-order valence-corrected chi connectivity index (χ0v) is 7.20. The van der Waals surface area contributed by atoms with E-state index in [1.807, 2.05) is 10.7 Å². The van der Waals surface area contributed by atoms with Crippen LogP contribution in [0.1, 0.15) is 11.1 Å². The van der Waals surface area contributed by atoms with Crippen LogP contribution in [-0.4, -0.2) is 21.1 Å². The van der Waals surface area contributed by atoms with Crippen LogP contribution >= 0.6 is 0 Å². The zero-order valence-electron chi connectivity index (χ0n) is 7.20. The van der Waals surface area contributed by atoms with E-state index < -0.39 is 0 Å². The van der Waals surface area contributed by atoms with Gasteiger partial charge in [0.25, 0.3) is 0 Å². The minimum atomic E-state index is 0.915. The van der Waals surface area contributed by atoms with Crippen LogP contribution in [0.3, 0.4) is 0 Å². The summed E-state index contributed by atoms with van der Waals surface area (Å²) in [6.45, 7) is 1.98. The topological polar surface area (TPSA) is 42.2 Å². The van der Waals surface area contributed by atoms with Crippen LogP contribution in [-0.2, 0) is 13.0 Å². The third-order valence-electron chi connectivity index (χ3n) is 2.52. The molecular weight excluding hydrogens is 164 g/mol. The monoisotopic (exact) mass is 174 g/mol. The van der Waals surface area contributed by atoms with Crippen LogP contribution in [0.15, 0.2) is 18.6 Å². The van der Waals surface area contributed by atoms with Crippen molar-refractivity contribution in [3.63, 3.8) is 0 Å². The van der Waals surface area contributed by atoms with Crippen molar-refractivity contribution in [1.29, 1.82) is 0 Å². The highest BCUT2D eigenvalue weighted by atomic mass is 15.3. The summed E-state index contributed by atoms with van der Waals surface area (Å²) in [6.07, 6.45) is 4.68. The van der Waals surface area contributed by atoms with Crippen LogP contribution in [0, 0.1) is 0 Å². The van der Waals surface area contributed by atoms with Gasteiger partial charge in [-0.2, -0.15) is 5.10 Å². The normalized spacial score (nSPS) is 16.0. The fraction of sp³-hybridized carbons (Fsp3) is 0.333. The molecule has 1 aliphatic heterocycles. The Bertz CT molecular complexity index is 446. The molecule has 0 saturated heterocycles. The van der Waals surface area contributed by atoms with Crippen molar-refractivity contribution in [3.05, 3.63) is 29.7 Å². The van der Waals surface area contributed by atoms with Crippen molar-refractivity contribution in [1.82, 2.24) is 19.9 Å². The first-order valence-corrected chi connectivity index (χ1v) is 4.46. The summed E-state index contributed by atoms with van der Waals surface area (Å²) in [5.41, 5.74) is 3.69. The summed E-state index contributed by atoms with van der Waals surface area (Å²) in [6, 6.07) is 2.14. The van der Waals surface area contributed by atoms with Gasteiger partial charge in [-0.3, -0.25) is 0 Å². The Morgan fingerprint density at radius 2 is 2.46 bits per heavy atom. The number of fused-ring (bicyclic) bond motifs is 3. The predicted octanol–water partition coefficient (Wildman–Crippen LogP) is 0.375. The highest BCUT2D eigenvalue weighted by molar-refractivity contribution is 5.51. The van der Waals surface area contributed by atoms with E-state index in [9.17, 15) is 0 Å². The van der Waals surface area contributed by atoms with Crippen LogP contribution in [0.25, 0.3) is 5.65 Å². The van der Waals surface area contributed by atoms with Crippen LogP contribution in [0.5, 0.6) is 0 Å². The lowest BCUT2D eigenvalue weighted by Crippen LogP contribution is -2.24. The third-order valence-corrected chi connectivity index (χ3v) is 2.52. The minimum Gasteiger partial charge on any atom is -0.312 e. The number of aromatic nitrogens is 3. The van der Waals surface area contributed by atoms with Crippen molar-refractivity contribution >= 4 is 5.65 Å². The molecule has 0 saturated carbocycles. The lowest BCUT2D eigenvalue weighted by atomic mass is 10.0. The van der Waals surface area contributed by atoms with E-state index in [4.69, 9.17) is 0 Å². The first-order valence-electron chi connectivity index (χ1n) is 4.46. The third kappa shape index (κ3) is 0.954. The highest BCUT2D eigenvalue weighted by Gasteiger charge is 2.12. The van der Waals surface area contributed by atoms with Gasteiger partial charge in [-0.05, 0) is 24.6 Å². The molecular formula is C9H10N4. The van der Waals surface area contributed by atoms with Crippen molar-refractivity contribution in [2.45, 2.75) is 13.0 Å². The maximum absolute atomic E-state index is 4.24. The fourth-order valence-corrected chi connectivity index (χ4v) is 1.84. The summed E-state index contributed by atoms with van der Waals surface area (Å²) in [5, 5.41) is 7.45. The molecule has 66 valence electrons. The number of pyridine rings is 1. The molecule has 4 nitrogen and oxygen atoms in total. The molecule has 0 bridgehead atoms. The number of nitrogens with zero attached hydrogens (tertiary/aromatic N) is 3. The van der Waals surface area contributed by atoms with Crippen molar-refractivity contribution in [2.75, 3.05) is 6.54 Å². The Morgan fingerprint density at radius 3 is 3.46 bits per heavy atom. The van der Waals surface area contributed by atoms with Gasteiger partial charge in [-0.15, -0.1) is 0 Å². The maximum Gasteiger partial charge on any atom is 0.159 e. The Hall–Kier alpha value is -1.42. The molecule has 3 rings (SSSR count). The van der Waals surface area contributed by atoms with E-state index in [0.717, 1.165) is 25.2 Å². The summed E-state index contributed by atoms with van der Waals surface area (Å²) >= 11 is 0. The summed E-state index contributed by atoms with van der Waals surface area (Å²) in [4.78, 5) is 4.24. The Kier molecular flexibility index (Phi) is 1.37. The molecule has 0 spiro atoms. The van der Waals surface area contributed by atoms with E-state index in [1.54, 1.807) is 6.33 Å². The van der Waals surface area contributed by atoms with Gasteiger partial charge in [0.15, 0.2) is 5.65 Å². The molecule has 13 heavy (non-hydrogen) atoms. The first kappa shape index (κ1) is 7.03. The van der Waals surface area contributed by atoms with E-state index in [1.165, 1.54) is 11.1 Å². The summed E-state index contributed by atoms with van der Waals surface area (Å²) in [5.74, 6) is 0. The van der Waals surface area contributed by atoms with Crippen molar-refractivity contribution in [3.8, 4) is 0 Å². The largest absolute Gasteiger partial charge is 0.312 e. The van der Waals surface area contributed by atoms with E-state index in [-0.39, 0.29) is 0 Å². The van der Waals surface area contributed by atoms with Crippen molar-refractivity contribution in [2.24, 2.45) is 0 Å². The second-order valence-corrected chi connectivity index (χ2v) is 3.27. The lowest BCUT2D eigenvalue weighted by Gasteiger charge is -2.16. The van der Waals surface area contributed by atoms with Crippen LogP contribution < -0.4 is 5.32 Å². The number of rotatable bonds is 0. The Morgan fingerprint density at radius 1 is 1.46 bits per heavy atom. The van der Waals surface area contributed by atoms with Gasteiger partial charge in [0.2, 0.25) is 0 Å². The molecule has 1 N–H and O–H groups in total. The Labute approximate surface area is 75.6 Å². The van der Waals surface area contributed by atoms with E-state index >= 15 is 0 Å². The highest BCUT2D eigenvalue weighted by Crippen LogP contribution is 2.16. The number of nitrogens with one attached hydrogen (secondary N) is 1. The average Bonchev–Trinajstić information content (AvgIpc) is 2.65. The number of hydrogen-bond donors (Lipinski definition) is 1. The average molecular weight is 174 g/mol. The fourth-order valence-electron chi connectivity index (χ4n) is 1.84. The number of hydrogen-bond acceptors (Lipinski definition) is 3. The molecule has 1 aliphatic rings. The predicted molar refractivity (Wildman–Crippen MR) is 48.4 cm³/mol. The molecule has 3 heterocycles. The Balaban J connectivity index is 2.34. The quantitative estimate of drug-likeness (QED) is 0.627. The molecule has 0 amide bonds. The first-order chi connectivity index (χ1) is 6.45. The van der Waals surface area contributed by atoms with Gasteiger partial charge in [0.1, 0.15) is 6.33 Å². The molecule has 0 radical (unpaired) electrons. The van der Waals surface area contributed by atoms with Gasteiger partial charge in [0, 0.05) is 18.3 Å². The van der Waals surface area contributed by atoms with E-state index in [2.05, 4.69) is 21.5 Å². The molecule has 0 aliphatic carbocycles. The minimum absolute atomic E-state index is 0.915. The smallest absolute Gasteiger partial charge is 0.159 e.